The number of hydrazine groups is 1. The van der Waals surface area contributed by atoms with Crippen LogP contribution < -0.4 is 10.7 Å². The minimum atomic E-state index is 0.00194. The summed E-state index contributed by atoms with van der Waals surface area (Å²) in [6.45, 7) is 5.33. The van der Waals surface area contributed by atoms with E-state index in [2.05, 4.69) is 35.7 Å². The largest absolute Gasteiger partial charge is 0.384 e. The van der Waals surface area contributed by atoms with Crippen LogP contribution in [0.3, 0.4) is 0 Å². The molecule has 4 heteroatoms. The molecule has 2 atom stereocenters. The maximum absolute atomic E-state index is 12.4. The molecule has 0 aliphatic carbocycles. The van der Waals surface area contributed by atoms with Crippen molar-refractivity contribution in [2.45, 2.75) is 51.6 Å². The third-order valence-corrected chi connectivity index (χ3v) is 4.51. The molecule has 1 aromatic carbocycles. The molecule has 0 spiro atoms. The first-order valence-corrected chi connectivity index (χ1v) is 7.61. The van der Waals surface area contributed by atoms with Crippen molar-refractivity contribution >= 4 is 11.6 Å². The summed E-state index contributed by atoms with van der Waals surface area (Å²) in [5.41, 5.74) is 6.25. The van der Waals surface area contributed by atoms with Gasteiger partial charge >= 0.3 is 0 Å². The zero-order chi connectivity index (χ0) is 14.1. The topological polar surface area (TPSA) is 44.4 Å². The zero-order valence-corrected chi connectivity index (χ0v) is 12.3. The zero-order valence-electron chi connectivity index (χ0n) is 12.3. The number of hydrogen-bond acceptors (Lipinski definition) is 3. The van der Waals surface area contributed by atoms with E-state index in [0.29, 0.717) is 12.1 Å². The Labute approximate surface area is 120 Å². The minimum absolute atomic E-state index is 0.00194. The third-order valence-electron chi connectivity index (χ3n) is 4.51. The predicted octanol–water partition coefficient (Wildman–Crippen LogP) is 2.56. The molecule has 2 unspecified atom stereocenters. The summed E-state index contributed by atoms with van der Waals surface area (Å²) in [5.74, 6) is 0.00194. The lowest BCUT2D eigenvalue weighted by Crippen LogP contribution is -2.54. The number of fused-ring (bicyclic) bond motifs is 1. The van der Waals surface area contributed by atoms with Crippen LogP contribution in [0.1, 0.15) is 49.0 Å². The Morgan fingerprint density at radius 1 is 1.30 bits per heavy atom. The molecule has 1 fully saturated rings. The second-order valence-electron chi connectivity index (χ2n) is 6.03. The van der Waals surface area contributed by atoms with Gasteiger partial charge in [0.1, 0.15) is 0 Å². The molecule has 4 nitrogen and oxygen atoms in total. The van der Waals surface area contributed by atoms with Crippen LogP contribution in [0.25, 0.3) is 0 Å². The summed E-state index contributed by atoms with van der Waals surface area (Å²) < 4.78 is 0. The fourth-order valence-corrected chi connectivity index (χ4v) is 3.26. The fourth-order valence-electron chi connectivity index (χ4n) is 3.26. The molecule has 1 saturated heterocycles. The fraction of sp³-hybridized carbons (Fsp3) is 0.562. The van der Waals surface area contributed by atoms with E-state index < -0.39 is 0 Å². The number of rotatable bonds is 2. The van der Waals surface area contributed by atoms with Gasteiger partial charge in [0.05, 0.1) is 0 Å². The van der Waals surface area contributed by atoms with Crippen LogP contribution in [0.2, 0.25) is 0 Å². The second kappa shape index (κ2) is 5.44. The van der Waals surface area contributed by atoms with Gasteiger partial charge in [0.2, 0.25) is 0 Å². The summed E-state index contributed by atoms with van der Waals surface area (Å²) in [5, 5.41) is 5.44. The van der Waals surface area contributed by atoms with Gasteiger partial charge in [0.25, 0.3) is 5.91 Å². The summed E-state index contributed by atoms with van der Waals surface area (Å²) in [7, 11) is 0. The van der Waals surface area contributed by atoms with Gasteiger partial charge in [0.15, 0.2) is 0 Å². The van der Waals surface area contributed by atoms with Crippen molar-refractivity contribution in [3.05, 3.63) is 29.3 Å². The smallest absolute Gasteiger partial charge is 0.265 e. The highest BCUT2D eigenvalue weighted by atomic mass is 16.2. The van der Waals surface area contributed by atoms with E-state index in [0.717, 1.165) is 37.1 Å². The first kappa shape index (κ1) is 13.4. The van der Waals surface area contributed by atoms with Crippen molar-refractivity contribution in [2.24, 2.45) is 0 Å². The predicted molar refractivity (Wildman–Crippen MR) is 80.7 cm³/mol. The van der Waals surface area contributed by atoms with Gasteiger partial charge < -0.3 is 5.32 Å². The monoisotopic (exact) mass is 273 g/mol. The lowest BCUT2D eigenvalue weighted by Gasteiger charge is -2.38. The Morgan fingerprint density at radius 3 is 2.80 bits per heavy atom. The normalized spacial score (nSPS) is 25.9. The highest BCUT2D eigenvalue weighted by molar-refractivity contribution is 5.95. The third kappa shape index (κ3) is 2.52. The van der Waals surface area contributed by atoms with Gasteiger partial charge in [-0.2, -0.15) is 0 Å². The Kier molecular flexibility index (Phi) is 3.66. The molecule has 0 radical (unpaired) electrons. The van der Waals surface area contributed by atoms with E-state index in [1.165, 1.54) is 12.0 Å². The Balaban J connectivity index is 1.72. The maximum Gasteiger partial charge on any atom is 0.265 e. The molecular weight excluding hydrogens is 250 g/mol. The second-order valence-corrected chi connectivity index (χ2v) is 6.03. The average Bonchev–Trinajstić information content (AvgIpc) is 2.90. The summed E-state index contributed by atoms with van der Waals surface area (Å²) in [6, 6.07) is 6.79. The molecule has 2 aliphatic heterocycles. The van der Waals surface area contributed by atoms with Crippen LogP contribution in [0, 0.1) is 0 Å². The Bertz CT molecular complexity index is 504. The van der Waals surface area contributed by atoms with E-state index in [4.69, 9.17) is 0 Å². The van der Waals surface area contributed by atoms with Crippen LogP contribution in [0.15, 0.2) is 18.2 Å². The number of amides is 1. The van der Waals surface area contributed by atoms with Crippen molar-refractivity contribution in [3.63, 3.8) is 0 Å². The van der Waals surface area contributed by atoms with Crippen LogP contribution in [0.4, 0.5) is 5.69 Å². The van der Waals surface area contributed by atoms with E-state index in [9.17, 15) is 4.79 Å². The van der Waals surface area contributed by atoms with Crippen LogP contribution >= 0.6 is 0 Å². The number of anilines is 1. The lowest BCUT2D eigenvalue weighted by atomic mass is 10.00. The van der Waals surface area contributed by atoms with Gasteiger partial charge in [-0.25, -0.2) is 5.01 Å². The molecular formula is C16H23N3O. The molecule has 2 N–H and O–H groups in total. The number of carbonyl (C=O) groups is 1. The molecule has 0 saturated carbocycles. The first-order chi connectivity index (χ1) is 9.65. The van der Waals surface area contributed by atoms with Crippen LogP contribution in [-0.4, -0.2) is 29.5 Å². The number of carbonyl (C=O) groups excluding carboxylic acids is 1. The minimum Gasteiger partial charge on any atom is -0.384 e. The average molecular weight is 273 g/mol. The number of benzene rings is 1. The molecule has 108 valence electrons. The SMILES string of the molecule is CC1CCCC(C)N1NC(=O)c1ccc2c(c1)NCC2. The number of piperidine rings is 1. The lowest BCUT2D eigenvalue weighted by molar-refractivity contribution is 0.0370. The van der Waals surface area contributed by atoms with E-state index in [-0.39, 0.29) is 5.91 Å². The molecule has 1 amide bonds. The Morgan fingerprint density at radius 2 is 2.05 bits per heavy atom. The van der Waals surface area contributed by atoms with Gasteiger partial charge in [-0.3, -0.25) is 10.2 Å². The number of hydrogen-bond donors (Lipinski definition) is 2. The van der Waals surface area contributed by atoms with Crippen molar-refractivity contribution in [1.82, 2.24) is 10.4 Å². The van der Waals surface area contributed by atoms with Crippen molar-refractivity contribution < 1.29 is 4.79 Å². The molecule has 3 rings (SSSR count). The van der Waals surface area contributed by atoms with Gasteiger partial charge in [-0.05, 0) is 50.8 Å². The Hall–Kier alpha value is -1.55. The first-order valence-electron chi connectivity index (χ1n) is 7.61. The number of nitrogens with one attached hydrogen (secondary N) is 2. The summed E-state index contributed by atoms with van der Waals surface area (Å²) in [4.78, 5) is 12.4. The van der Waals surface area contributed by atoms with E-state index in [1.807, 2.05) is 12.1 Å². The highest BCUT2D eigenvalue weighted by Gasteiger charge is 2.26. The standard InChI is InChI=1S/C16H23N3O/c1-11-4-3-5-12(2)19(11)18-16(20)14-7-6-13-8-9-17-15(13)10-14/h6-7,10-12,17H,3-5,8-9H2,1-2H3,(H,18,20). The highest BCUT2D eigenvalue weighted by Crippen LogP contribution is 2.24. The molecule has 2 aliphatic rings. The van der Waals surface area contributed by atoms with Crippen molar-refractivity contribution in [2.75, 3.05) is 11.9 Å². The maximum atomic E-state index is 12.4. The molecule has 0 bridgehead atoms. The van der Waals surface area contributed by atoms with Crippen molar-refractivity contribution in [3.8, 4) is 0 Å². The molecule has 0 aromatic heterocycles. The van der Waals surface area contributed by atoms with Crippen molar-refractivity contribution in [1.29, 1.82) is 0 Å². The van der Waals surface area contributed by atoms with Gasteiger partial charge in [-0.15, -0.1) is 0 Å². The van der Waals surface area contributed by atoms with Gasteiger partial charge in [-0.1, -0.05) is 12.5 Å². The molecule has 20 heavy (non-hydrogen) atoms. The van der Waals surface area contributed by atoms with E-state index in [1.54, 1.807) is 0 Å². The van der Waals surface area contributed by atoms with Crippen LogP contribution in [0.5, 0.6) is 0 Å². The quantitative estimate of drug-likeness (QED) is 0.870. The molecule has 2 heterocycles. The summed E-state index contributed by atoms with van der Waals surface area (Å²) in [6.07, 6.45) is 4.60. The summed E-state index contributed by atoms with van der Waals surface area (Å²) >= 11 is 0. The van der Waals surface area contributed by atoms with E-state index >= 15 is 0 Å². The van der Waals surface area contributed by atoms with Gasteiger partial charge in [0, 0.05) is 29.9 Å². The van der Waals surface area contributed by atoms with Crippen LogP contribution in [-0.2, 0) is 6.42 Å². The number of nitrogens with zero attached hydrogens (tertiary/aromatic N) is 1. The molecule has 1 aromatic rings.